The maximum absolute atomic E-state index is 11.6. The van der Waals surface area contributed by atoms with E-state index in [4.69, 9.17) is 5.11 Å². The number of alkyl halides is 2. The highest BCUT2D eigenvalue weighted by molar-refractivity contribution is 14.1. The van der Waals surface area contributed by atoms with Gasteiger partial charge < -0.3 is 5.11 Å². The summed E-state index contributed by atoms with van der Waals surface area (Å²) in [6.45, 7) is -0.00910. The molecule has 0 aromatic rings. The van der Waals surface area contributed by atoms with Crippen molar-refractivity contribution in [3.8, 4) is 0 Å². The molecule has 0 aliphatic heterocycles. The van der Waals surface area contributed by atoms with E-state index in [1.54, 1.807) is 0 Å². The molecule has 1 N–H and O–H groups in total. The molecular weight excluding hydrogens is 234 g/mol. The highest BCUT2D eigenvalue weighted by Gasteiger charge is 2.01. The summed E-state index contributed by atoms with van der Waals surface area (Å²) in [7, 11) is 0. The van der Waals surface area contributed by atoms with Crippen LogP contribution in [0.15, 0.2) is 0 Å². The zero-order valence-electron chi connectivity index (χ0n) is 5.32. The molecule has 1 nitrogen and oxygen atoms in total. The Hall–Kier alpha value is 0.620. The summed E-state index contributed by atoms with van der Waals surface area (Å²) >= 11 is 2.21. The van der Waals surface area contributed by atoms with Gasteiger partial charge in [0, 0.05) is 10.5 Å². The third-order valence-electron chi connectivity index (χ3n) is 1.10. The van der Waals surface area contributed by atoms with Gasteiger partial charge in [-0.15, -0.1) is 0 Å². The van der Waals surface area contributed by atoms with E-state index in [2.05, 4.69) is 22.6 Å². The van der Waals surface area contributed by atoms with Crippen LogP contribution in [0.1, 0.15) is 19.3 Å². The Morgan fingerprint density at radius 1 is 1.44 bits per heavy atom. The Morgan fingerprint density at radius 3 is 2.56 bits per heavy atom. The van der Waals surface area contributed by atoms with Crippen molar-refractivity contribution in [3.05, 3.63) is 0 Å². The summed E-state index contributed by atoms with van der Waals surface area (Å²) in [6, 6.07) is 0. The van der Waals surface area contributed by atoms with Crippen LogP contribution in [0.5, 0.6) is 0 Å². The summed E-state index contributed by atoms with van der Waals surface area (Å²) in [5.41, 5.74) is 0. The van der Waals surface area contributed by atoms with E-state index in [-0.39, 0.29) is 13.3 Å². The third kappa shape index (κ3) is 6.51. The molecule has 0 radical (unpaired) electrons. The standard InChI is InChI=1S/C6H12FIO/c7-4-3-6(8)2-1-5-9/h6,9H,1-5H2. The summed E-state index contributed by atoms with van der Waals surface area (Å²) in [4.78, 5) is 0. The average molecular weight is 246 g/mol. The highest BCUT2D eigenvalue weighted by Crippen LogP contribution is 2.12. The normalized spacial score (nSPS) is 13.7. The summed E-state index contributed by atoms with van der Waals surface area (Å²) in [5.74, 6) is 0. The van der Waals surface area contributed by atoms with Crippen molar-refractivity contribution in [2.45, 2.75) is 23.2 Å². The van der Waals surface area contributed by atoms with Crippen molar-refractivity contribution in [2.75, 3.05) is 13.3 Å². The van der Waals surface area contributed by atoms with Crippen molar-refractivity contribution >= 4 is 22.6 Å². The van der Waals surface area contributed by atoms with E-state index >= 15 is 0 Å². The molecule has 1 unspecified atom stereocenters. The molecule has 0 heterocycles. The molecule has 0 aromatic carbocycles. The molecule has 3 heteroatoms. The second kappa shape index (κ2) is 6.74. The lowest BCUT2D eigenvalue weighted by Gasteiger charge is -2.03. The van der Waals surface area contributed by atoms with Gasteiger partial charge in [-0.1, -0.05) is 22.6 Å². The fourth-order valence-corrected chi connectivity index (χ4v) is 1.25. The first-order valence-electron chi connectivity index (χ1n) is 3.12. The van der Waals surface area contributed by atoms with Gasteiger partial charge in [0.25, 0.3) is 0 Å². The van der Waals surface area contributed by atoms with Crippen LogP contribution in [0.3, 0.4) is 0 Å². The lowest BCUT2D eigenvalue weighted by molar-refractivity contribution is 0.283. The number of halogens is 2. The molecule has 0 aliphatic carbocycles. The zero-order valence-corrected chi connectivity index (χ0v) is 7.47. The average Bonchev–Trinajstić information content (AvgIpc) is 1.85. The number of hydrogen-bond acceptors (Lipinski definition) is 1. The fraction of sp³-hybridized carbons (Fsp3) is 1.00. The van der Waals surface area contributed by atoms with Gasteiger partial charge in [-0.05, 0) is 19.3 Å². The van der Waals surface area contributed by atoms with Gasteiger partial charge in [0.1, 0.15) is 0 Å². The quantitative estimate of drug-likeness (QED) is 0.580. The molecule has 9 heavy (non-hydrogen) atoms. The van der Waals surface area contributed by atoms with Gasteiger partial charge in [0.05, 0.1) is 6.67 Å². The van der Waals surface area contributed by atoms with Gasteiger partial charge in [-0.3, -0.25) is 4.39 Å². The molecule has 1 atom stereocenters. The van der Waals surface area contributed by atoms with E-state index in [9.17, 15) is 4.39 Å². The Balaban J connectivity index is 2.95. The van der Waals surface area contributed by atoms with Crippen molar-refractivity contribution in [3.63, 3.8) is 0 Å². The summed E-state index contributed by atoms with van der Waals surface area (Å²) in [5, 5.41) is 8.39. The predicted octanol–water partition coefficient (Wildman–Crippen LogP) is 1.92. The van der Waals surface area contributed by atoms with Crippen molar-refractivity contribution in [1.82, 2.24) is 0 Å². The molecule has 56 valence electrons. The SMILES string of the molecule is OCCCC(I)CCF. The van der Waals surface area contributed by atoms with Crippen LogP contribution in [-0.2, 0) is 0 Å². The molecule has 0 bridgehead atoms. The maximum Gasteiger partial charge on any atom is 0.0904 e. The lowest BCUT2D eigenvalue weighted by atomic mass is 10.2. The first kappa shape index (κ1) is 9.62. The van der Waals surface area contributed by atoms with Crippen LogP contribution in [-0.4, -0.2) is 22.3 Å². The molecule has 0 amide bonds. The summed E-state index contributed by atoms with van der Waals surface area (Å²) in [6.07, 6.45) is 2.36. The van der Waals surface area contributed by atoms with Gasteiger partial charge in [-0.25, -0.2) is 0 Å². The Kier molecular flexibility index (Phi) is 7.20. The monoisotopic (exact) mass is 246 g/mol. The van der Waals surface area contributed by atoms with E-state index in [0.29, 0.717) is 10.3 Å². The molecule has 0 fully saturated rings. The number of hydrogen-bond donors (Lipinski definition) is 1. The molecule has 0 saturated carbocycles. The van der Waals surface area contributed by atoms with Crippen LogP contribution in [0.2, 0.25) is 0 Å². The van der Waals surface area contributed by atoms with Crippen LogP contribution >= 0.6 is 22.6 Å². The predicted molar refractivity (Wildman–Crippen MR) is 44.7 cm³/mol. The van der Waals surface area contributed by atoms with Gasteiger partial charge in [0.15, 0.2) is 0 Å². The minimum atomic E-state index is -0.237. The van der Waals surface area contributed by atoms with E-state index in [0.717, 1.165) is 12.8 Å². The van der Waals surface area contributed by atoms with Gasteiger partial charge in [-0.2, -0.15) is 0 Å². The van der Waals surface area contributed by atoms with E-state index in [1.165, 1.54) is 0 Å². The molecule has 0 rings (SSSR count). The maximum atomic E-state index is 11.6. The van der Waals surface area contributed by atoms with Crippen LogP contribution in [0.4, 0.5) is 4.39 Å². The number of aliphatic hydroxyl groups excluding tert-OH is 1. The number of rotatable bonds is 5. The van der Waals surface area contributed by atoms with Crippen molar-refractivity contribution in [2.24, 2.45) is 0 Å². The third-order valence-corrected chi connectivity index (χ3v) is 2.34. The minimum Gasteiger partial charge on any atom is -0.396 e. The van der Waals surface area contributed by atoms with Crippen molar-refractivity contribution < 1.29 is 9.50 Å². The molecule has 0 aromatic heterocycles. The van der Waals surface area contributed by atoms with Gasteiger partial charge >= 0.3 is 0 Å². The second-order valence-electron chi connectivity index (χ2n) is 1.94. The van der Waals surface area contributed by atoms with Crippen LogP contribution < -0.4 is 0 Å². The Morgan fingerprint density at radius 2 is 2.11 bits per heavy atom. The molecule has 0 saturated heterocycles. The van der Waals surface area contributed by atoms with Crippen molar-refractivity contribution in [1.29, 1.82) is 0 Å². The topological polar surface area (TPSA) is 20.2 Å². The Bertz CT molecular complexity index is 61.0. The molecule has 0 spiro atoms. The number of aliphatic hydroxyl groups is 1. The fourth-order valence-electron chi connectivity index (χ4n) is 0.576. The smallest absolute Gasteiger partial charge is 0.0904 e. The summed E-state index contributed by atoms with van der Waals surface area (Å²) < 4.78 is 12.0. The first-order chi connectivity index (χ1) is 4.31. The van der Waals surface area contributed by atoms with Crippen LogP contribution in [0, 0.1) is 0 Å². The highest BCUT2D eigenvalue weighted by atomic mass is 127. The second-order valence-corrected chi connectivity index (χ2v) is 3.70. The first-order valence-corrected chi connectivity index (χ1v) is 4.36. The molecular formula is C6H12FIO. The zero-order chi connectivity index (χ0) is 7.11. The molecule has 0 aliphatic rings. The largest absolute Gasteiger partial charge is 0.396 e. The van der Waals surface area contributed by atoms with Crippen LogP contribution in [0.25, 0.3) is 0 Å². The van der Waals surface area contributed by atoms with Gasteiger partial charge in [0.2, 0.25) is 0 Å². The van der Waals surface area contributed by atoms with E-state index in [1.807, 2.05) is 0 Å². The minimum absolute atomic E-state index is 0.228. The lowest BCUT2D eigenvalue weighted by Crippen LogP contribution is -1.99. The Labute approximate surface area is 68.8 Å². The van der Waals surface area contributed by atoms with E-state index < -0.39 is 0 Å².